The van der Waals surface area contributed by atoms with Crippen LogP contribution in [0.25, 0.3) is 11.0 Å². The van der Waals surface area contributed by atoms with E-state index >= 15 is 0 Å². The van der Waals surface area contributed by atoms with E-state index in [9.17, 15) is 8.42 Å². The number of methoxy groups -OCH3 is 1. The third kappa shape index (κ3) is 5.25. The monoisotopic (exact) mass is 487 g/mol. The fourth-order valence-electron chi connectivity index (χ4n) is 4.47. The molecule has 3 N–H and O–H groups in total. The summed E-state index contributed by atoms with van der Waals surface area (Å²) in [5.41, 5.74) is 9.56. The first-order chi connectivity index (χ1) is 16.3. The normalized spacial score (nSPS) is 15.6. The first kappa shape index (κ1) is 24.2. The number of fused-ring (bicyclic) bond motifs is 1. The SMILES string of the molecule is CCCCNc1nc(N)nc2cnn(Cc3ccc(C4CCN(S(C)(=O)=O)CC4)cc3OC)c12. The van der Waals surface area contributed by atoms with E-state index in [1.807, 2.05) is 4.68 Å². The Labute approximate surface area is 200 Å². The van der Waals surface area contributed by atoms with Crippen LogP contribution in [0.2, 0.25) is 0 Å². The maximum absolute atomic E-state index is 11.8. The Kier molecular flexibility index (Phi) is 7.22. The summed E-state index contributed by atoms with van der Waals surface area (Å²) in [4.78, 5) is 8.74. The number of unbranched alkanes of at least 4 members (excludes halogenated alkanes) is 1. The maximum atomic E-state index is 11.8. The summed E-state index contributed by atoms with van der Waals surface area (Å²) in [6, 6.07) is 6.24. The zero-order valence-corrected chi connectivity index (χ0v) is 20.8. The fraction of sp³-hybridized carbons (Fsp3) is 0.522. The molecule has 34 heavy (non-hydrogen) atoms. The molecule has 0 bridgehead atoms. The number of benzene rings is 1. The molecule has 0 atom stereocenters. The van der Waals surface area contributed by atoms with Crippen LogP contribution < -0.4 is 15.8 Å². The highest BCUT2D eigenvalue weighted by Crippen LogP contribution is 2.33. The van der Waals surface area contributed by atoms with E-state index in [1.165, 1.54) is 6.26 Å². The van der Waals surface area contributed by atoms with Gasteiger partial charge in [0.2, 0.25) is 16.0 Å². The van der Waals surface area contributed by atoms with Crippen molar-refractivity contribution < 1.29 is 13.2 Å². The third-order valence-electron chi connectivity index (χ3n) is 6.35. The second kappa shape index (κ2) is 10.1. The van der Waals surface area contributed by atoms with Crippen LogP contribution in [0.15, 0.2) is 24.4 Å². The highest BCUT2D eigenvalue weighted by atomic mass is 32.2. The van der Waals surface area contributed by atoms with Crippen molar-refractivity contribution >= 4 is 32.8 Å². The van der Waals surface area contributed by atoms with Gasteiger partial charge in [0.25, 0.3) is 0 Å². The number of ether oxygens (including phenoxy) is 1. The lowest BCUT2D eigenvalue weighted by molar-refractivity contribution is 0.320. The number of nitrogens with zero attached hydrogens (tertiary/aromatic N) is 5. The maximum Gasteiger partial charge on any atom is 0.222 e. The lowest BCUT2D eigenvalue weighted by Gasteiger charge is -2.30. The molecule has 0 spiro atoms. The number of hydrogen-bond donors (Lipinski definition) is 2. The van der Waals surface area contributed by atoms with Gasteiger partial charge in [-0.25, -0.2) is 17.7 Å². The van der Waals surface area contributed by atoms with Crippen molar-refractivity contribution in [2.45, 2.75) is 45.1 Å². The van der Waals surface area contributed by atoms with Gasteiger partial charge in [-0.15, -0.1) is 0 Å². The first-order valence-electron chi connectivity index (χ1n) is 11.6. The quantitative estimate of drug-likeness (QED) is 0.441. The number of anilines is 2. The van der Waals surface area contributed by atoms with E-state index in [0.717, 1.165) is 54.6 Å². The Morgan fingerprint density at radius 3 is 2.68 bits per heavy atom. The van der Waals surface area contributed by atoms with Gasteiger partial charge in [0.1, 0.15) is 16.8 Å². The van der Waals surface area contributed by atoms with E-state index in [1.54, 1.807) is 17.6 Å². The van der Waals surface area contributed by atoms with Gasteiger partial charge in [-0.3, -0.25) is 4.68 Å². The fourth-order valence-corrected chi connectivity index (χ4v) is 5.35. The van der Waals surface area contributed by atoms with E-state index in [2.05, 4.69) is 45.5 Å². The third-order valence-corrected chi connectivity index (χ3v) is 7.66. The predicted molar refractivity (Wildman–Crippen MR) is 134 cm³/mol. The molecule has 4 rings (SSSR count). The summed E-state index contributed by atoms with van der Waals surface area (Å²) in [6.45, 7) is 4.52. The molecule has 1 saturated heterocycles. The zero-order chi connectivity index (χ0) is 24.3. The summed E-state index contributed by atoms with van der Waals surface area (Å²) in [7, 11) is -1.47. The van der Waals surface area contributed by atoms with Crippen molar-refractivity contribution in [3.05, 3.63) is 35.5 Å². The van der Waals surface area contributed by atoms with Crippen molar-refractivity contribution in [1.82, 2.24) is 24.1 Å². The average Bonchev–Trinajstić information content (AvgIpc) is 3.21. The molecule has 11 heteroatoms. The lowest BCUT2D eigenvalue weighted by Crippen LogP contribution is -2.37. The Morgan fingerprint density at radius 2 is 2.00 bits per heavy atom. The standard InChI is InChI=1S/C23H33N7O3S/c1-4-5-10-25-22-21-19(27-23(24)28-22)14-26-30(21)15-18-7-6-17(13-20(18)33-2)16-8-11-29(12-9-16)34(3,31)32/h6-7,13-14,16H,4-5,8-12,15H2,1-3H3,(H3,24,25,27,28). The minimum atomic E-state index is -3.14. The molecule has 3 aromatic rings. The van der Waals surface area contributed by atoms with Crippen LogP contribution >= 0.6 is 0 Å². The Bertz CT molecular complexity index is 1250. The second-order valence-corrected chi connectivity index (χ2v) is 10.7. The van der Waals surface area contributed by atoms with Crippen LogP contribution in [0.4, 0.5) is 11.8 Å². The summed E-state index contributed by atoms with van der Waals surface area (Å²) in [5, 5.41) is 7.91. The smallest absolute Gasteiger partial charge is 0.222 e. The summed E-state index contributed by atoms with van der Waals surface area (Å²) in [6.07, 6.45) is 6.67. The van der Waals surface area contributed by atoms with Crippen LogP contribution in [0.3, 0.4) is 0 Å². The van der Waals surface area contributed by atoms with Crippen LogP contribution in [0.5, 0.6) is 5.75 Å². The average molecular weight is 488 g/mol. The summed E-state index contributed by atoms with van der Waals surface area (Å²) >= 11 is 0. The Hall–Kier alpha value is -2.92. The largest absolute Gasteiger partial charge is 0.496 e. The molecule has 184 valence electrons. The van der Waals surface area contributed by atoms with Crippen LogP contribution in [-0.4, -0.2) is 65.5 Å². The van der Waals surface area contributed by atoms with E-state index < -0.39 is 10.0 Å². The topological polar surface area (TPSA) is 128 Å². The van der Waals surface area contributed by atoms with Crippen molar-refractivity contribution in [2.75, 3.05) is 44.1 Å². The molecular formula is C23H33N7O3S. The van der Waals surface area contributed by atoms with E-state index in [0.29, 0.717) is 36.9 Å². The predicted octanol–water partition coefficient (Wildman–Crippen LogP) is 2.82. The molecule has 1 fully saturated rings. The minimum Gasteiger partial charge on any atom is -0.496 e. The molecule has 2 aromatic heterocycles. The van der Waals surface area contributed by atoms with Crippen LogP contribution in [0, 0.1) is 0 Å². The molecule has 0 saturated carbocycles. The molecular weight excluding hydrogens is 454 g/mol. The number of hydrogen-bond acceptors (Lipinski definition) is 8. The van der Waals surface area contributed by atoms with Crippen molar-refractivity contribution in [2.24, 2.45) is 0 Å². The number of aromatic nitrogens is 4. The Morgan fingerprint density at radius 1 is 1.24 bits per heavy atom. The number of rotatable bonds is 9. The van der Waals surface area contributed by atoms with Crippen LogP contribution in [-0.2, 0) is 16.6 Å². The van der Waals surface area contributed by atoms with Crippen molar-refractivity contribution in [3.63, 3.8) is 0 Å². The van der Waals surface area contributed by atoms with Gasteiger partial charge >= 0.3 is 0 Å². The molecule has 3 heterocycles. The second-order valence-electron chi connectivity index (χ2n) is 8.75. The molecule has 1 aromatic carbocycles. The lowest BCUT2D eigenvalue weighted by atomic mass is 9.89. The number of nitrogens with two attached hydrogens (primary N) is 1. The number of sulfonamides is 1. The first-order valence-corrected chi connectivity index (χ1v) is 13.5. The summed E-state index contributed by atoms with van der Waals surface area (Å²) < 4.78 is 32.8. The minimum absolute atomic E-state index is 0.218. The Balaban J connectivity index is 1.57. The molecule has 10 nitrogen and oxygen atoms in total. The highest BCUT2D eigenvalue weighted by molar-refractivity contribution is 7.88. The van der Waals surface area contributed by atoms with Crippen molar-refractivity contribution in [3.8, 4) is 5.75 Å². The summed E-state index contributed by atoms with van der Waals surface area (Å²) in [5.74, 6) is 1.98. The van der Waals surface area contributed by atoms with Gasteiger partial charge in [0, 0.05) is 25.2 Å². The molecule has 0 amide bonds. The van der Waals surface area contributed by atoms with E-state index in [-0.39, 0.29) is 5.95 Å². The molecule has 1 aliphatic rings. The van der Waals surface area contributed by atoms with Crippen molar-refractivity contribution in [1.29, 1.82) is 0 Å². The molecule has 0 radical (unpaired) electrons. The van der Waals surface area contributed by atoms with Gasteiger partial charge in [-0.05, 0) is 36.8 Å². The zero-order valence-electron chi connectivity index (χ0n) is 20.0. The molecule has 0 unspecified atom stereocenters. The van der Waals surface area contributed by atoms with E-state index in [4.69, 9.17) is 10.5 Å². The van der Waals surface area contributed by atoms with Gasteiger partial charge in [0.05, 0.1) is 26.1 Å². The number of nitrogen functional groups attached to an aromatic ring is 1. The van der Waals surface area contributed by atoms with Gasteiger partial charge in [0.15, 0.2) is 5.82 Å². The highest BCUT2D eigenvalue weighted by Gasteiger charge is 2.26. The van der Waals surface area contributed by atoms with Gasteiger partial charge < -0.3 is 15.8 Å². The number of nitrogens with one attached hydrogen (secondary N) is 1. The van der Waals surface area contributed by atoms with Gasteiger partial charge in [-0.1, -0.05) is 25.5 Å². The molecule has 1 aliphatic heterocycles. The van der Waals surface area contributed by atoms with Gasteiger partial charge in [-0.2, -0.15) is 10.1 Å². The molecule has 0 aliphatic carbocycles. The number of piperidine rings is 1. The van der Waals surface area contributed by atoms with Crippen LogP contribution in [0.1, 0.15) is 49.7 Å².